The number of likely N-dealkylation sites (tertiary alicyclic amines) is 1. The first-order valence-corrected chi connectivity index (χ1v) is 7.25. The molecule has 2 aromatic heterocycles. The van der Waals surface area contributed by atoms with Crippen molar-refractivity contribution in [2.24, 2.45) is 0 Å². The van der Waals surface area contributed by atoms with Gasteiger partial charge in [-0.25, -0.2) is 4.98 Å². The minimum Gasteiger partial charge on any atom is -0.340 e. The number of aryl methyl sites for hydroxylation is 1. The molecule has 21 heavy (non-hydrogen) atoms. The van der Waals surface area contributed by atoms with Crippen LogP contribution < -0.4 is 0 Å². The van der Waals surface area contributed by atoms with Crippen LogP contribution in [0.1, 0.15) is 18.1 Å². The maximum Gasteiger partial charge on any atom is 0.223 e. The summed E-state index contributed by atoms with van der Waals surface area (Å²) in [7, 11) is 2.12. The van der Waals surface area contributed by atoms with Crippen LogP contribution in [0.3, 0.4) is 0 Å². The van der Waals surface area contributed by atoms with Crippen molar-refractivity contribution >= 4 is 0 Å². The molecule has 0 aliphatic carbocycles. The van der Waals surface area contributed by atoms with Crippen LogP contribution in [0.15, 0.2) is 17.2 Å². The normalized spacial score (nSPS) is 19.7. The van der Waals surface area contributed by atoms with Gasteiger partial charge in [-0.05, 0) is 20.0 Å². The molecule has 0 radical (unpaired) electrons. The van der Waals surface area contributed by atoms with Crippen LogP contribution >= 0.6 is 0 Å². The summed E-state index contributed by atoms with van der Waals surface area (Å²) in [5, 5.41) is 8.09. The van der Waals surface area contributed by atoms with Crippen molar-refractivity contribution in [2.75, 3.05) is 26.7 Å². The lowest BCUT2D eigenvalue weighted by molar-refractivity contribution is 0.215. The van der Waals surface area contributed by atoms with E-state index in [9.17, 15) is 0 Å². The van der Waals surface area contributed by atoms with Gasteiger partial charge in [0.1, 0.15) is 12.7 Å². The van der Waals surface area contributed by atoms with Gasteiger partial charge < -0.3 is 4.52 Å². The Morgan fingerprint density at radius 3 is 3.05 bits per heavy atom. The monoisotopic (exact) mass is 291 g/mol. The summed E-state index contributed by atoms with van der Waals surface area (Å²) in [5.74, 6) is 1.38. The second-order valence-corrected chi connectivity index (χ2v) is 5.55. The summed E-state index contributed by atoms with van der Waals surface area (Å²) in [4.78, 5) is 13.0. The number of hydrogen-bond donors (Lipinski definition) is 0. The lowest BCUT2D eigenvalue weighted by Crippen LogP contribution is -2.35. The van der Waals surface area contributed by atoms with E-state index in [0.717, 1.165) is 38.5 Å². The molecule has 0 N–H and O–H groups in total. The van der Waals surface area contributed by atoms with Crippen molar-refractivity contribution < 1.29 is 4.52 Å². The molecule has 0 saturated carbocycles. The Morgan fingerprint density at radius 1 is 1.43 bits per heavy atom. The second-order valence-electron chi connectivity index (χ2n) is 5.55. The summed E-state index contributed by atoms with van der Waals surface area (Å²) in [6, 6.07) is 0.541. The van der Waals surface area contributed by atoms with Gasteiger partial charge in [0.15, 0.2) is 5.82 Å². The van der Waals surface area contributed by atoms with Crippen molar-refractivity contribution in [1.82, 2.24) is 34.7 Å². The number of hydrogen-bond acceptors (Lipinski definition) is 7. The van der Waals surface area contributed by atoms with Gasteiger partial charge in [-0.3, -0.25) is 14.5 Å². The summed E-state index contributed by atoms with van der Waals surface area (Å²) >= 11 is 0. The van der Waals surface area contributed by atoms with E-state index in [2.05, 4.69) is 37.1 Å². The predicted octanol–water partition coefficient (Wildman–Crippen LogP) is 0.176. The molecule has 8 nitrogen and oxygen atoms in total. The molecule has 2 aromatic rings. The Hall–Kier alpha value is -1.80. The van der Waals surface area contributed by atoms with Crippen LogP contribution in [0.25, 0.3) is 0 Å². The van der Waals surface area contributed by atoms with Gasteiger partial charge in [-0.1, -0.05) is 5.16 Å². The first-order chi connectivity index (χ1) is 10.2. The topological polar surface area (TPSA) is 76.1 Å². The van der Waals surface area contributed by atoms with Gasteiger partial charge >= 0.3 is 0 Å². The average Bonchev–Trinajstić information content (AvgIpc) is 3.17. The highest BCUT2D eigenvalue weighted by molar-refractivity contribution is 4.88. The molecule has 8 heteroatoms. The highest BCUT2D eigenvalue weighted by atomic mass is 16.5. The molecule has 1 atom stereocenters. The summed E-state index contributed by atoms with van der Waals surface area (Å²) in [6.45, 7) is 6.64. The van der Waals surface area contributed by atoms with Crippen LogP contribution in [0.5, 0.6) is 0 Å². The van der Waals surface area contributed by atoms with Crippen molar-refractivity contribution in [3.63, 3.8) is 0 Å². The second kappa shape index (κ2) is 6.31. The molecule has 1 saturated heterocycles. The van der Waals surface area contributed by atoms with Gasteiger partial charge in [0.2, 0.25) is 5.89 Å². The molecule has 0 bridgehead atoms. The molecule has 1 unspecified atom stereocenters. The van der Waals surface area contributed by atoms with Crippen molar-refractivity contribution in [1.29, 1.82) is 0 Å². The number of likely N-dealkylation sites (N-methyl/N-ethyl adjacent to an activating group) is 1. The summed E-state index contributed by atoms with van der Waals surface area (Å²) in [6.07, 6.45) is 4.51. The lowest BCUT2D eigenvalue weighted by Gasteiger charge is -2.23. The molecule has 3 rings (SSSR count). The molecule has 1 aliphatic rings. The molecular weight excluding hydrogens is 270 g/mol. The van der Waals surface area contributed by atoms with E-state index >= 15 is 0 Å². The lowest BCUT2D eigenvalue weighted by atomic mass is 10.2. The quantitative estimate of drug-likeness (QED) is 0.751. The van der Waals surface area contributed by atoms with E-state index < -0.39 is 0 Å². The molecule has 0 amide bonds. The van der Waals surface area contributed by atoms with Crippen molar-refractivity contribution in [2.45, 2.75) is 32.5 Å². The zero-order valence-electron chi connectivity index (χ0n) is 12.5. The van der Waals surface area contributed by atoms with E-state index in [1.807, 2.05) is 11.6 Å². The van der Waals surface area contributed by atoms with E-state index in [1.54, 1.807) is 12.7 Å². The van der Waals surface area contributed by atoms with Gasteiger partial charge in [-0.15, -0.1) is 0 Å². The maximum absolute atomic E-state index is 5.02. The predicted molar refractivity (Wildman–Crippen MR) is 75.4 cm³/mol. The third-order valence-electron chi connectivity index (χ3n) is 3.94. The van der Waals surface area contributed by atoms with E-state index in [0.29, 0.717) is 11.9 Å². The van der Waals surface area contributed by atoms with E-state index in [4.69, 9.17) is 4.52 Å². The highest BCUT2D eigenvalue weighted by Gasteiger charge is 2.26. The molecule has 0 spiro atoms. The fraction of sp³-hybridized carbons (Fsp3) is 0.692. The minimum atomic E-state index is 0.541. The Labute approximate surface area is 123 Å². The highest BCUT2D eigenvalue weighted by Crippen LogP contribution is 2.15. The minimum absolute atomic E-state index is 0.541. The number of rotatable bonds is 6. The van der Waals surface area contributed by atoms with Gasteiger partial charge in [0, 0.05) is 26.1 Å². The Kier molecular flexibility index (Phi) is 4.26. The number of aromatic nitrogens is 5. The van der Waals surface area contributed by atoms with Crippen LogP contribution in [0, 0.1) is 6.92 Å². The molecule has 114 valence electrons. The zero-order chi connectivity index (χ0) is 14.7. The van der Waals surface area contributed by atoms with Gasteiger partial charge in [0.25, 0.3) is 0 Å². The van der Waals surface area contributed by atoms with Gasteiger partial charge in [-0.2, -0.15) is 10.1 Å². The fourth-order valence-electron chi connectivity index (χ4n) is 2.72. The molecule has 0 aromatic carbocycles. The Balaban J connectivity index is 1.45. The first kappa shape index (κ1) is 14.2. The van der Waals surface area contributed by atoms with Crippen LogP contribution in [-0.2, 0) is 13.1 Å². The van der Waals surface area contributed by atoms with E-state index in [1.165, 1.54) is 6.42 Å². The zero-order valence-corrected chi connectivity index (χ0v) is 12.5. The first-order valence-electron chi connectivity index (χ1n) is 7.25. The smallest absolute Gasteiger partial charge is 0.223 e. The Bertz CT molecular complexity index is 553. The summed E-state index contributed by atoms with van der Waals surface area (Å²) in [5.41, 5.74) is 0. The van der Waals surface area contributed by atoms with Crippen molar-refractivity contribution in [3.05, 3.63) is 24.4 Å². The van der Waals surface area contributed by atoms with Crippen molar-refractivity contribution in [3.8, 4) is 0 Å². The van der Waals surface area contributed by atoms with Crippen LogP contribution in [0.4, 0.5) is 0 Å². The third-order valence-corrected chi connectivity index (χ3v) is 3.94. The number of nitrogens with zero attached hydrogens (tertiary/aromatic N) is 7. The largest absolute Gasteiger partial charge is 0.340 e. The molecular formula is C13H21N7O. The SMILES string of the molecule is Cc1nc(CN(C)C2CCN(CCn3cncn3)C2)no1. The molecule has 1 aliphatic heterocycles. The van der Waals surface area contributed by atoms with E-state index in [-0.39, 0.29) is 0 Å². The standard InChI is InChI=1S/C13H21N7O/c1-11-16-13(17-21-11)8-18(2)12-3-4-19(7-12)5-6-20-10-14-9-15-20/h9-10,12H,3-8H2,1-2H3. The molecule has 1 fully saturated rings. The fourth-order valence-corrected chi connectivity index (χ4v) is 2.72. The van der Waals surface area contributed by atoms with Crippen LogP contribution in [-0.4, -0.2) is 67.4 Å². The maximum atomic E-state index is 5.02. The third kappa shape index (κ3) is 3.64. The molecule has 3 heterocycles. The Morgan fingerprint density at radius 2 is 2.33 bits per heavy atom. The summed E-state index contributed by atoms with van der Waals surface area (Å²) < 4.78 is 6.89. The average molecular weight is 291 g/mol. The van der Waals surface area contributed by atoms with Crippen LogP contribution in [0.2, 0.25) is 0 Å². The van der Waals surface area contributed by atoms with Gasteiger partial charge in [0.05, 0.1) is 13.1 Å².